The van der Waals surface area contributed by atoms with Gasteiger partial charge in [0.25, 0.3) is 0 Å². The van der Waals surface area contributed by atoms with Gasteiger partial charge >= 0.3 is 59.1 Å². The largest absolute Gasteiger partial charge is 1.00 e. The third kappa shape index (κ3) is 24.8. The fourth-order valence-electron chi connectivity index (χ4n) is 0.204. The van der Waals surface area contributed by atoms with E-state index in [1.54, 1.807) is 0 Å². The minimum Gasteiger partial charge on any atom is -0.550 e. The van der Waals surface area contributed by atoms with E-state index in [4.69, 9.17) is 0 Å². The zero-order valence-electron chi connectivity index (χ0n) is 6.55. The molecule has 0 amide bonds. The standard InChI is InChI=1S/C4H6O4.2Na.H2O/c5-3(6)1-2-4(7)8;;;/h1-2H2,(H,5,6)(H,7,8);;;1H2/q;2*+1;/p-2. The molecule has 0 aromatic rings. The Kier molecular flexibility index (Phi) is 27.8. The molecule has 0 aliphatic heterocycles. The average molecular weight is 180 g/mol. The second kappa shape index (κ2) is 13.5. The van der Waals surface area contributed by atoms with Crippen LogP contribution >= 0.6 is 0 Å². The van der Waals surface area contributed by atoms with Gasteiger partial charge in [-0.15, -0.1) is 0 Å². The molecule has 0 aliphatic rings. The first-order valence-electron chi connectivity index (χ1n) is 2.02. The summed E-state index contributed by atoms with van der Waals surface area (Å²) in [6.45, 7) is 0. The van der Waals surface area contributed by atoms with Crippen LogP contribution in [0.5, 0.6) is 0 Å². The Hall–Kier alpha value is 0.900. The molecule has 0 saturated heterocycles. The Morgan fingerprint density at radius 2 is 1.09 bits per heavy atom. The number of hydrogen-bond donors (Lipinski definition) is 0. The number of carboxylic acids is 2. The first-order chi connectivity index (χ1) is 3.63. The predicted octanol–water partition coefficient (Wildman–Crippen LogP) is -9.55. The van der Waals surface area contributed by atoms with Gasteiger partial charge in [0.15, 0.2) is 0 Å². The van der Waals surface area contributed by atoms with E-state index in [-0.39, 0.29) is 64.6 Å². The number of carboxylic acid groups (broad SMARTS) is 2. The van der Waals surface area contributed by atoms with Gasteiger partial charge in [-0.05, 0) is 12.8 Å². The summed E-state index contributed by atoms with van der Waals surface area (Å²) in [5.41, 5.74) is 0. The molecule has 0 atom stereocenters. The van der Waals surface area contributed by atoms with E-state index in [2.05, 4.69) is 0 Å². The minimum absolute atomic E-state index is 0. The van der Waals surface area contributed by atoms with Crippen LogP contribution in [0.1, 0.15) is 12.8 Å². The van der Waals surface area contributed by atoms with Gasteiger partial charge in [0, 0.05) is 11.9 Å². The summed E-state index contributed by atoms with van der Waals surface area (Å²) >= 11 is 0. The van der Waals surface area contributed by atoms with Gasteiger partial charge in [0.05, 0.1) is 0 Å². The fraction of sp³-hybridized carbons (Fsp3) is 0.500. The van der Waals surface area contributed by atoms with Crippen molar-refractivity contribution in [3.63, 3.8) is 0 Å². The van der Waals surface area contributed by atoms with Gasteiger partial charge in [0.2, 0.25) is 0 Å². The van der Waals surface area contributed by atoms with E-state index < -0.39 is 24.8 Å². The monoisotopic (exact) mass is 180 g/mol. The van der Waals surface area contributed by atoms with Crippen LogP contribution in [0, 0.1) is 0 Å². The molecule has 0 heterocycles. The van der Waals surface area contributed by atoms with Gasteiger partial charge in [-0.1, -0.05) is 0 Å². The molecule has 2 N–H and O–H groups in total. The molecular weight excluding hydrogens is 174 g/mol. The molecule has 0 aliphatic carbocycles. The number of carbonyl (C=O) groups excluding carboxylic acids is 2. The SMILES string of the molecule is O.O=C([O-])CCC(=O)[O-].[Na+].[Na+]. The normalized spacial score (nSPS) is 6.18. The first kappa shape index (κ1) is 22.7. The Morgan fingerprint density at radius 1 is 0.909 bits per heavy atom. The maximum atomic E-state index is 9.50. The molecular formula is C4H6Na2O5. The molecule has 7 heteroatoms. The van der Waals surface area contributed by atoms with Gasteiger partial charge < -0.3 is 25.3 Å². The summed E-state index contributed by atoms with van der Waals surface area (Å²) in [7, 11) is 0. The summed E-state index contributed by atoms with van der Waals surface area (Å²) in [4.78, 5) is 19.0. The van der Waals surface area contributed by atoms with Gasteiger partial charge in [-0.3, -0.25) is 0 Å². The van der Waals surface area contributed by atoms with E-state index in [9.17, 15) is 19.8 Å². The van der Waals surface area contributed by atoms with Crippen LogP contribution in [0.2, 0.25) is 0 Å². The number of aliphatic carboxylic acids is 2. The molecule has 0 fully saturated rings. The van der Waals surface area contributed by atoms with Crippen molar-refractivity contribution >= 4 is 11.9 Å². The summed E-state index contributed by atoms with van der Waals surface area (Å²) in [6.07, 6.45) is -0.940. The van der Waals surface area contributed by atoms with Gasteiger partial charge in [-0.2, -0.15) is 0 Å². The Labute approximate surface area is 108 Å². The van der Waals surface area contributed by atoms with E-state index in [1.165, 1.54) is 0 Å². The van der Waals surface area contributed by atoms with E-state index in [0.717, 1.165) is 0 Å². The first-order valence-corrected chi connectivity index (χ1v) is 2.02. The summed E-state index contributed by atoms with van der Waals surface area (Å²) in [6, 6.07) is 0. The van der Waals surface area contributed by atoms with Crippen molar-refractivity contribution in [3.8, 4) is 0 Å². The molecule has 0 rings (SSSR count). The molecule has 11 heavy (non-hydrogen) atoms. The van der Waals surface area contributed by atoms with E-state index >= 15 is 0 Å². The van der Waals surface area contributed by atoms with Gasteiger partial charge in [-0.25, -0.2) is 0 Å². The number of rotatable bonds is 3. The molecule has 0 saturated carbocycles. The van der Waals surface area contributed by atoms with Crippen LogP contribution < -0.4 is 69.3 Å². The Bertz CT molecular complexity index is 101. The topological polar surface area (TPSA) is 112 Å². The maximum Gasteiger partial charge on any atom is 1.00 e. The van der Waals surface area contributed by atoms with Crippen molar-refractivity contribution in [3.05, 3.63) is 0 Å². The molecule has 0 spiro atoms. The van der Waals surface area contributed by atoms with Gasteiger partial charge in [0.1, 0.15) is 0 Å². The fourth-order valence-corrected chi connectivity index (χ4v) is 0.204. The van der Waals surface area contributed by atoms with Crippen molar-refractivity contribution in [2.24, 2.45) is 0 Å². The number of hydrogen-bond acceptors (Lipinski definition) is 4. The molecule has 0 unspecified atom stereocenters. The molecule has 0 aromatic carbocycles. The van der Waals surface area contributed by atoms with E-state index in [0.29, 0.717) is 0 Å². The summed E-state index contributed by atoms with van der Waals surface area (Å²) in [5, 5.41) is 19.0. The van der Waals surface area contributed by atoms with Crippen molar-refractivity contribution in [2.75, 3.05) is 0 Å². The average Bonchev–Trinajstić information content (AvgIpc) is 1.61. The molecule has 0 bridgehead atoms. The number of carbonyl (C=O) groups is 2. The van der Waals surface area contributed by atoms with Crippen LogP contribution in [0.25, 0.3) is 0 Å². The molecule has 5 nitrogen and oxygen atoms in total. The zero-order valence-corrected chi connectivity index (χ0v) is 10.5. The molecule has 0 aromatic heterocycles. The Balaban J connectivity index is -0.0000000817. The maximum absolute atomic E-state index is 9.50. The van der Waals surface area contributed by atoms with Crippen LogP contribution in [-0.2, 0) is 9.59 Å². The zero-order chi connectivity index (χ0) is 6.57. The van der Waals surface area contributed by atoms with Crippen molar-refractivity contribution in [2.45, 2.75) is 12.8 Å². The smallest absolute Gasteiger partial charge is 0.550 e. The summed E-state index contributed by atoms with van der Waals surface area (Å²) in [5.74, 6) is -2.73. The third-order valence-electron chi connectivity index (χ3n) is 0.533. The quantitative estimate of drug-likeness (QED) is 0.401. The van der Waals surface area contributed by atoms with Crippen molar-refractivity contribution in [1.29, 1.82) is 0 Å². The van der Waals surface area contributed by atoms with Crippen LogP contribution in [0.3, 0.4) is 0 Å². The third-order valence-corrected chi connectivity index (χ3v) is 0.533. The molecule has 54 valence electrons. The van der Waals surface area contributed by atoms with Crippen molar-refractivity contribution in [1.82, 2.24) is 0 Å². The second-order valence-electron chi connectivity index (χ2n) is 1.24. The second-order valence-corrected chi connectivity index (χ2v) is 1.24. The van der Waals surface area contributed by atoms with Crippen molar-refractivity contribution < 1.29 is 84.4 Å². The Morgan fingerprint density at radius 3 is 1.18 bits per heavy atom. The van der Waals surface area contributed by atoms with E-state index in [1.807, 2.05) is 0 Å². The molecule has 0 radical (unpaired) electrons. The van der Waals surface area contributed by atoms with Crippen LogP contribution in [0.15, 0.2) is 0 Å². The predicted molar refractivity (Wildman–Crippen MR) is 22.9 cm³/mol. The van der Waals surface area contributed by atoms with Crippen LogP contribution in [-0.4, -0.2) is 17.4 Å². The summed E-state index contributed by atoms with van der Waals surface area (Å²) < 4.78 is 0. The minimum atomic E-state index is -1.37. The van der Waals surface area contributed by atoms with Crippen LogP contribution in [0.4, 0.5) is 0 Å².